The number of aromatic nitrogens is 1. The lowest BCUT2D eigenvalue weighted by atomic mass is 9.96. The highest BCUT2D eigenvalue weighted by Crippen LogP contribution is 2.35. The van der Waals surface area contributed by atoms with Crippen LogP contribution in [0, 0.1) is 6.92 Å². The van der Waals surface area contributed by atoms with E-state index in [1.165, 1.54) is 0 Å². The van der Waals surface area contributed by atoms with Crippen LogP contribution < -0.4 is 9.60 Å². The van der Waals surface area contributed by atoms with Crippen LogP contribution >= 0.6 is 11.3 Å². The van der Waals surface area contributed by atoms with E-state index in [1.54, 1.807) is 6.92 Å². The predicted molar refractivity (Wildman–Crippen MR) is 66.3 cm³/mol. The number of thiazole rings is 1. The van der Waals surface area contributed by atoms with Crippen molar-refractivity contribution in [3.05, 3.63) is 15.4 Å². The molecule has 2 N–H and O–H groups in total. The van der Waals surface area contributed by atoms with Crippen molar-refractivity contribution in [2.45, 2.75) is 48.6 Å². The Kier molecular flexibility index (Phi) is 2.85. The Bertz CT molecular complexity index is 618. The maximum absolute atomic E-state index is 12.2. The molecule has 0 aromatic carbocycles. The average molecular weight is 290 g/mol. The smallest absolute Gasteiger partial charge is 0.305 e. The van der Waals surface area contributed by atoms with Crippen molar-refractivity contribution in [2.75, 3.05) is 0 Å². The van der Waals surface area contributed by atoms with Gasteiger partial charge >= 0.3 is 4.87 Å². The van der Waals surface area contributed by atoms with Crippen LogP contribution in [0.5, 0.6) is 0 Å². The topological polar surface area (TPSA) is 88.3 Å². The summed E-state index contributed by atoms with van der Waals surface area (Å²) in [5.41, 5.74) is 0.390. The van der Waals surface area contributed by atoms with Gasteiger partial charge in [-0.2, -0.15) is 0 Å². The Morgan fingerprint density at radius 3 is 2.72 bits per heavy atom. The molecule has 2 aliphatic heterocycles. The lowest BCUT2D eigenvalue weighted by Crippen LogP contribution is -2.41. The average Bonchev–Trinajstić information content (AvgIpc) is 2.93. The van der Waals surface area contributed by atoms with Crippen LogP contribution in [-0.2, 0) is 14.8 Å². The van der Waals surface area contributed by atoms with Gasteiger partial charge in [0.1, 0.15) is 0 Å². The van der Waals surface area contributed by atoms with Gasteiger partial charge in [0.05, 0.1) is 18.2 Å². The highest BCUT2D eigenvalue weighted by atomic mass is 32.2. The van der Waals surface area contributed by atoms with Crippen molar-refractivity contribution in [1.82, 2.24) is 9.71 Å². The molecule has 2 fully saturated rings. The maximum atomic E-state index is 12.2. The third-order valence-electron chi connectivity index (χ3n) is 3.44. The molecule has 3 unspecified atom stereocenters. The minimum absolute atomic E-state index is 0.0132. The van der Waals surface area contributed by atoms with E-state index in [0.717, 1.165) is 30.6 Å². The number of rotatable bonds is 3. The van der Waals surface area contributed by atoms with Crippen LogP contribution in [0.4, 0.5) is 0 Å². The lowest BCUT2D eigenvalue weighted by Gasteiger charge is -2.19. The van der Waals surface area contributed by atoms with E-state index in [0.29, 0.717) is 5.69 Å². The van der Waals surface area contributed by atoms with E-state index in [2.05, 4.69) is 9.71 Å². The van der Waals surface area contributed by atoms with E-state index in [4.69, 9.17) is 4.74 Å². The Hall–Kier alpha value is -0.700. The summed E-state index contributed by atoms with van der Waals surface area (Å²) in [5, 5.41) is 0. The number of sulfonamides is 1. The van der Waals surface area contributed by atoms with Gasteiger partial charge in [0.25, 0.3) is 10.0 Å². The van der Waals surface area contributed by atoms with E-state index in [1.807, 2.05) is 0 Å². The number of aryl methyl sites for hydroxylation is 1. The predicted octanol–water partition coefficient (Wildman–Crippen LogP) is 0.343. The summed E-state index contributed by atoms with van der Waals surface area (Å²) in [6, 6.07) is -0.162. The highest BCUT2D eigenvalue weighted by Gasteiger charge is 2.43. The van der Waals surface area contributed by atoms with Gasteiger partial charge in [-0.3, -0.25) is 4.79 Å². The molecule has 3 rings (SSSR count). The normalized spacial score (nSPS) is 31.1. The molecule has 100 valence electrons. The van der Waals surface area contributed by atoms with Crippen LogP contribution in [0.1, 0.15) is 25.0 Å². The molecule has 18 heavy (non-hydrogen) atoms. The Morgan fingerprint density at radius 1 is 1.44 bits per heavy atom. The summed E-state index contributed by atoms with van der Waals surface area (Å²) in [4.78, 5) is 13.3. The second-order valence-electron chi connectivity index (χ2n) is 4.76. The first-order chi connectivity index (χ1) is 8.45. The third-order valence-corrected chi connectivity index (χ3v) is 6.53. The molecule has 2 aliphatic rings. The first-order valence-electron chi connectivity index (χ1n) is 5.83. The summed E-state index contributed by atoms with van der Waals surface area (Å²) < 4.78 is 32.7. The summed E-state index contributed by atoms with van der Waals surface area (Å²) in [6.07, 6.45) is 2.82. The quantitative estimate of drug-likeness (QED) is 0.840. The largest absolute Gasteiger partial charge is 0.373 e. The molecule has 3 atom stereocenters. The van der Waals surface area contributed by atoms with E-state index in [-0.39, 0.29) is 27.3 Å². The van der Waals surface area contributed by atoms with Gasteiger partial charge in [-0.15, -0.1) is 0 Å². The first-order valence-corrected chi connectivity index (χ1v) is 8.13. The number of fused-ring (bicyclic) bond motifs is 2. The molecule has 0 spiro atoms. The number of ether oxygens (including phenoxy) is 1. The molecule has 3 heterocycles. The molecule has 0 aliphatic carbocycles. The van der Waals surface area contributed by atoms with Crippen molar-refractivity contribution in [3.63, 3.8) is 0 Å². The number of hydrogen-bond acceptors (Lipinski definition) is 5. The van der Waals surface area contributed by atoms with Crippen molar-refractivity contribution < 1.29 is 13.2 Å². The summed E-state index contributed by atoms with van der Waals surface area (Å²) in [6.45, 7) is 1.59. The molecule has 8 heteroatoms. The monoisotopic (exact) mass is 290 g/mol. The number of hydrogen-bond donors (Lipinski definition) is 2. The molecule has 2 bridgehead atoms. The standard InChI is InChI=1S/C10H14N2O4S2/c1-5-9(17-10(13)11-5)18(14,15)12-7-4-6-2-3-8(7)16-6/h6-8,12H,2-4H2,1H3,(H,11,13). The zero-order valence-corrected chi connectivity index (χ0v) is 11.4. The second kappa shape index (κ2) is 4.16. The van der Waals surface area contributed by atoms with Crippen LogP contribution in [0.15, 0.2) is 9.00 Å². The Balaban J connectivity index is 1.83. The zero-order valence-electron chi connectivity index (χ0n) is 9.80. The molecule has 0 radical (unpaired) electrons. The first kappa shape index (κ1) is 12.3. The Morgan fingerprint density at radius 2 is 2.22 bits per heavy atom. The van der Waals surface area contributed by atoms with E-state index in [9.17, 15) is 13.2 Å². The van der Waals surface area contributed by atoms with Gasteiger partial charge in [0, 0.05) is 5.69 Å². The Labute approximate surface area is 108 Å². The van der Waals surface area contributed by atoms with Crippen LogP contribution in [0.3, 0.4) is 0 Å². The molecule has 1 aromatic heterocycles. The maximum Gasteiger partial charge on any atom is 0.305 e. The lowest BCUT2D eigenvalue weighted by molar-refractivity contribution is 0.0996. The van der Waals surface area contributed by atoms with Crippen molar-refractivity contribution in [3.8, 4) is 0 Å². The molecular weight excluding hydrogens is 276 g/mol. The summed E-state index contributed by atoms with van der Waals surface area (Å²) in [5.74, 6) is 0. The molecule has 0 saturated carbocycles. The number of aromatic amines is 1. The minimum Gasteiger partial charge on any atom is -0.373 e. The van der Waals surface area contributed by atoms with Gasteiger partial charge in [-0.05, 0) is 26.2 Å². The van der Waals surface area contributed by atoms with E-state index >= 15 is 0 Å². The molecule has 0 amide bonds. The van der Waals surface area contributed by atoms with Crippen LogP contribution in [-0.4, -0.2) is 31.7 Å². The van der Waals surface area contributed by atoms with Crippen molar-refractivity contribution >= 4 is 21.4 Å². The van der Waals surface area contributed by atoms with Crippen LogP contribution in [0.2, 0.25) is 0 Å². The van der Waals surface area contributed by atoms with E-state index < -0.39 is 10.0 Å². The fourth-order valence-electron chi connectivity index (χ4n) is 2.66. The summed E-state index contributed by atoms with van der Waals surface area (Å²) >= 11 is 0.722. The van der Waals surface area contributed by atoms with Crippen molar-refractivity contribution in [1.29, 1.82) is 0 Å². The molecular formula is C10H14N2O4S2. The fourth-order valence-corrected chi connectivity index (χ4v) is 5.26. The minimum atomic E-state index is -3.62. The second-order valence-corrected chi connectivity index (χ2v) is 7.66. The van der Waals surface area contributed by atoms with Gasteiger partial charge in [0.2, 0.25) is 0 Å². The van der Waals surface area contributed by atoms with Gasteiger partial charge in [-0.1, -0.05) is 11.3 Å². The molecule has 1 aromatic rings. The zero-order chi connectivity index (χ0) is 12.9. The van der Waals surface area contributed by atoms with Gasteiger partial charge in [0.15, 0.2) is 4.21 Å². The SMILES string of the molecule is Cc1[nH]c(=O)sc1S(=O)(=O)NC1CC2CCC1O2. The summed E-state index contributed by atoms with van der Waals surface area (Å²) in [7, 11) is -3.62. The number of H-pyrrole nitrogens is 1. The molecule has 6 nitrogen and oxygen atoms in total. The van der Waals surface area contributed by atoms with Gasteiger partial charge < -0.3 is 9.72 Å². The van der Waals surface area contributed by atoms with Crippen molar-refractivity contribution in [2.24, 2.45) is 0 Å². The number of nitrogens with one attached hydrogen (secondary N) is 2. The third kappa shape index (κ3) is 2.03. The van der Waals surface area contributed by atoms with Gasteiger partial charge in [-0.25, -0.2) is 13.1 Å². The molecule has 2 saturated heterocycles. The fraction of sp³-hybridized carbons (Fsp3) is 0.700. The highest BCUT2D eigenvalue weighted by molar-refractivity contribution is 7.91. The van der Waals surface area contributed by atoms with Crippen LogP contribution in [0.25, 0.3) is 0 Å².